The Balaban J connectivity index is 2.63. The number of hydrogen-bond donors (Lipinski definition) is 0. The molecule has 0 spiro atoms. The van der Waals surface area contributed by atoms with E-state index in [1.807, 2.05) is 6.07 Å². The smallest absolute Gasteiger partial charge is 0.163 e. The second kappa shape index (κ2) is 3.43. The van der Waals surface area contributed by atoms with Crippen LogP contribution in [0.2, 0.25) is 5.02 Å². The summed E-state index contributed by atoms with van der Waals surface area (Å²) in [5, 5.41) is 0.688. The fourth-order valence-electron chi connectivity index (χ4n) is 1.66. The van der Waals surface area contributed by atoms with Crippen LogP contribution in [0.5, 0.6) is 0 Å². The molecule has 0 bridgehead atoms. The second-order valence-electron chi connectivity index (χ2n) is 3.16. The number of halogens is 2. The minimum atomic E-state index is 0.235. The van der Waals surface area contributed by atoms with Gasteiger partial charge < -0.3 is 0 Å². The lowest BCUT2D eigenvalue weighted by Crippen LogP contribution is -2.11. The van der Waals surface area contributed by atoms with E-state index < -0.39 is 0 Å². The van der Waals surface area contributed by atoms with Crippen LogP contribution in [0, 0.1) is 0 Å². The average molecular weight is 260 g/mol. The average Bonchev–Trinajstić information content (AvgIpc) is 2.12. The van der Waals surface area contributed by atoms with Crippen molar-refractivity contribution in [2.75, 3.05) is 0 Å². The Labute approximate surface area is 90.2 Å². The molecule has 68 valence electrons. The number of carbonyl (C=O) groups excluding carboxylic acids is 1. The Morgan fingerprint density at radius 3 is 2.85 bits per heavy atom. The van der Waals surface area contributed by atoms with Gasteiger partial charge in [0.1, 0.15) is 0 Å². The Hall–Kier alpha value is -0.340. The van der Waals surface area contributed by atoms with Crippen molar-refractivity contribution < 1.29 is 4.79 Å². The van der Waals surface area contributed by atoms with Gasteiger partial charge in [-0.25, -0.2) is 0 Å². The molecular weight excluding hydrogens is 251 g/mol. The van der Waals surface area contributed by atoms with Crippen molar-refractivity contribution in [1.29, 1.82) is 0 Å². The largest absolute Gasteiger partial charge is 0.294 e. The van der Waals surface area contributed by atoms with Crippen molar-refractivity contribution in [2.24, 2.45) is 0 Å². The SMILES string of the molecule is O=C1CCCc2c1ccc(Cl)c2Br. The molecule has 0 saturated carbocycles. The topological polar surface area (TPSA) is 17.1 Å². The van der Waals surface area contributed by atoms with Crippen LogP contribution in [-0.4, -0.2) is 5.78 Å². The van der Waals surface area contributed by atoms with E-state index in [1.54, 1.807) is 6.07 Å². The van der Waals surface area contributed by atoms with Crippen molar-refractivity contribution in [3.8, 4) is 0 Å². The number of carbonyl (C=O) groups is 1. The molecule has 1 aromatic carbocycles. The second-order valence-corrected chi connectivity index (χ2v) is 4.36. The number of rotatable bonds is 0. The third-order valence-corrected chi connectivity index (χ3v) is 3.78. The van der Waals surface area contributed by atoms with Crippen LogP contribution in [0.3, 0.4) is 0 Å². The quantitative estimate of drug-likeness (QED) is 0.695. The van der Waals surface area contributed by atoms with Gasteiger partial charge in [-0.2, -0.15) is 0 Å². The summed E-state index contributed by atoms with van der Waals surface area (Å²) < 4.78 is 0.889. The number of hydrogen-bond acceptors (Lipinski definition) is 1. The molecule has 0 heterocycles. The van der Waals surface area contributed by atoms with Gasteiger partial charge in [-0.1, -0.05) is 11.6 Å². The Kier molecular flexibility index (Phi) is 2.43. The molecule has 2 rings (SSSR count). The van der Waals surface area contributed by atoms with Crippen LogP contribution in [-0.2, 0) is 6.42 Å². The summed E-state index contributed by atoms with van der Waals surface area (Å²) in [7, 11) is 0. The van der Waals surface area contributed by atoms with Crippen LogP contribution in [0.25, 0.3) is 0 Å². The molecule has 0 aromatic heterocycles. The summed E-state index contributed by atoms with van der Waals surface area (Å²) in [6, 6.07) is 3.59. The lowest BCUT2D eigenvalue weighted by Gasteiger charge is -2.16. The fourth-order valence-corrected chi connectivity index (χ4v) is 2.38. The van der Waals surface area contributed by atoms with Crippen molar-refractivity contribution in [2.45, 2.75) is 19.3 Å². The summed E-state index contributed by atoms with van der Waals surface area (Å²) in [5.41, 5.74) is 1.91. The van der Waals surface area contributed by atoms with Gasteiger partial charge in [-0.3, -0.25) is 4.79 Å². The van der Waals surface area contributed by atoms with E-state index in [4.69, 9.17) is 11.6 Å². The summed E-state index contributed by atoms with van der Waals surface area (Å²) in [4.78, 5) is 11.5. The van der Waals surface area contributed by atoms with Crippen molar-refractivity contribution in [3.63, 3.8) is 0 Å². The molecule has 0 saturated heterocycles. The third-order valence-electron chi connectivity index (χ3n) is 2.33. The zero-order chi connectivity index (χ0) is 9.42. The maximum absolute atomic E-state index is 11.5. The minimum absolute atomic E-state index is 0.235. The highest BCUT2D eigenvalue weighted by molar-refractivity contribution is 9.10. The third kappa shape index (κ3) is 1.53. The van der Waals surface area contributed by atoms with Crippen molar-refractivity contribution in [1.82, 2.24) is 0 Å². The first-order valence-corrected chi connectivity index (χ1v) is 5.37. The molecule has 0 amide bonds. The van der Waals surface area contributed by atoms with Gasteiger partial charge in [0.2, 0.25) is 0 Å². The van der Waals surface area contributed by atoms with E-state index in [2.05, 4.69) is 15.9 Å². The monoisotopic (exact) mass is 258 g/mol. The Bertz CT molecular complexity index is 373. The van der Waals surface area contributed by atoms with Gasteiger partial charge >= 0.3 is 0 Å². The van der Waals surface area contributed by atoms with Gasteiger partial charge in [0, 0.05) is 16.5 Å². The van der Waals surface area contributed by atoms with Gasteiger partial charge in [-0.15, -0.1) is 0 Å². The molecule has 0 atom stereocenters. The highest BCUT2D eigenvalue weighted by Gasteiger charge is 2.19. The van der Waals surface area contributed by atoms with Crippen LogP contribution in [0.15, 0.2) is 16.6 Å². The molecule has 0 radical (unpaired) electrons. The van der Waals surface area contributed by atoms with Gasteiger partial charge in [0.05, 0.1) is 5.02 Å². The zero-order valence-electron chi connectivity index (χ0n) is 6.94. The van der Waals surface area contributed by atoms with E-state index >= 15 is 0 Å². The molecule has 0 fully saturated rings. The summed E-state index contributed by atoms with van der Waals surface area (Å²) in [5.74, 6) is 0.235. The predicted molar refractivity (Wildman–Crippen MR) is 56.4 cm³/mol. The molecule has 0 unspecified atom stereocenters. The maximum atomic E-state index is 11.5. The van der Waals surface area contributed by atoms with E-state index in [9.17, 15) is 4.79 Å². The molecule has 1 aliphatic carbocycles. The van der Waals surface area contributed by atoms with Gasteiger partial charge in [-0.05, 0) is 46.5 Å². The van der Waals surface area contributed by atoms with Crippen LogP contribution in [0.4, 0.5) is 0 Å². The molecule has 1 nitrogen and oxygen atoms in total. The fraction of sp³-hybridized carbons (Fsp3) is 0.300. The molecule has 0 N–H and O–H groups in total. The molecule has 3 heteroatoms. The first-order chi connectivity index (χ1) is 6.20. The van der Waals surface area contributed by atoms with Crippen LogP contribution < -0.4 is 0 Å². The van der Waals surface area contributed by atoms with E-state index in [0.29, 0.717) is 11.4 Å². The van der Waals surface area contributed by atoms with E-state index in [1.165, 1.54) is 0 Å². The summed E-state index contributed by atoms with van der Waals surface area (Å²) in [6.45, 7) is 0. The van der Waals surface area contributed by atoms with Crippen molar-refractivity contribution >= 4 is 33.3 Å². The summed E-state index contributed by atoms with van der Waals surface area (Å²) >= 11 is 9.34. The number of benzene rings is 1. The molecule has 1 aliphatic rings. The Morgan fingerprint density at radius 2 is 2.08 bits per heavy atom. The maximum Gasteiger partial charge on any atom is 0.163 e. The molecule has 13 heavy (non-hydrogen) atoms. The first-order valence-electron chi connectivity index (χ1n) is 4.20. The zero-order valence-corrected chi connectivity index (χ0v) is 9.28. The lowest BCUT2D eigenvalue weighted by atomic mass is 9.91. The van der Waals surface area contributed by atoms with Gasteiger partial charge in [0.25, 0.3) is 0 Å². The number of ketones is 1. The summed E-state index contributed by atoms with van der Waals surface area (Å²) in [6.07, 6.45) is 2.55. The normalized spacial score (nSPS) is 15.7. The molecule has 0 aliphatic heterocycles. The van der Waals surface area contributed by atoms with Crippen molar-refractivity contribution in [3.05, 3.63) is 32.8 Å². The lowest BCUT2D eigenvalue weighted by molar-refractivity contribution is 0.0972. The van der Waals surface area contributed by atoms with Crippen LogP contribution >= 0.6 is 27.5 Å². The first kappa shape index (κ1) is 9.22. The Morgan fingerprint density at radius 1 is 1.31 bits per heavy atom. The van der Waals surface area contributed by atoms with Crippen LogP contribution in [0.1, 0.15) is 28.8 Å². The highest BCUT2D eigenvalue weighted by atomic mass is 79.9. The van der Waals surface area contributed by atoms with Gasteiger partial charge in [0.15, 0.2) is 5.78 Å². The minimum Gasteiger partial charge on any atom is -0.294 e. The van der Waals surface area contributed by atoms with E-state index in [0.717, 1.165) is 28.4 Å². The highest BCUT2D eigenvalue weighted by Crippen LogP contribution is 2.33. The standard InChI is InChI=1S/C10H8BrClO/c11-10-7-2-1-3-9(13)6(7)4-5-8(10)12/h4-5H,1-3H2. The molecule has 1 aromatic rings. The predicted octanol–water partition coefficient (Wildman–Crippen LogP) is 3.62. The van der Waals surface area contributed by atoms with E-state index in [-0.39, 0.29) is 5.78 Å². The number of fused-ring (bicyclic) bond motifs is 1. The number of Topliss-reactive ketones (excluding diaryl/α,β-unsaturated/α-hetero) is 1. The molecular formula is C10H8BrClO.